The Kier molecular flexibility index (Phi) is 4.02. The zero-order valence-corrected chi connectivity index (χ0v) is 11.8. The highest BCUT2D eigenvalue weighted by atomic mass is 19.1. The molecule has 3 rings (SSSR count). The largest absolute Gasteiger partial charge is 0.456 e. The lowest BCUT2D eigenvalue weighted by atomic mass is 10.0. The summed E-state index contributed by atoms with van der Waals surface area (Å²) in [4.78, 5) is 0. The molecule has 1 unspecified atom stereocenters. The number of rotatable bonds is 5. The lowest BCUT2D eigenvalue weighted by molar-refractivity contribution is 0.458. The molecule has 1 heterocycles. The monoisotopic (exact) mass is 283 g/mol. The molecule has 0 spiro atoms. The van der Waals surface area contributed by atoms with Crippen LogP contribution in [0.25, 0.3) is 11.0 Å². The van der Waals surface area contributed by atoms with E-state index in [0.29, 0.717) is 11.3 Å². The molecular weight excluding hydrogens is 265 g/mol. The van der Waals surface area contributed by atoms with Crippen LogP contribution < -0.4 is 5.73 Å². The van der Waals surface area contributed by atoms with Crippen molar-refractivity contribution < 1.29 is 8.81 Å². The Morgan fingerprint density at radius 3 is 2.62 bits per heavy atom. The van der Waals surface area contributed by atoms with E-state index >= 15 is 0 Å². The fraction of sp³-hybridized carbons (Fsp3) is 0.222. The second-order valence-corrected chi connectivity index (χ2v) is 5.29. The van der Waals surface area contributed by atoms with Crippen LogP contribution in [0.4, 0.5) is 4.39 Å². The van der Waals surface area contributed by atoms with Crippen LogP contribution in [-0.4, -0.2) is 0 Å². The molecule has 0 amide bonds. The summed E-state index contributed by atoms with van der Waals surface area (Å²) >= 11 is 0. The number of halogens is 1. The molecule has 2 aromatic carbocycles. The quantitative estimate of drug-likeness (QED) is 0.743. The lowest BCUT2D eigenvalue weighted by Crippen LogP contribution is -2.09. The zero-order valence-electron chi connectivity index (χ0n) is 11.8. The van der Waals surface area contributed by atoms with Gasteiger partial charge in [0.1, 0.15) is 5.76 Å². The molecule has 21 heavy (non-hydrogen) atoms. The maximum atomic E-state index is 13.6. The van der Waals surface area contributed by atoms with Crippen LogP contribution in [0.3, 0.4) is 0 Å². The Labute approximate surface area is 123 Å². The van der Waals surface area contributed by atoms with E-state index in [1.54, 1.807) is 6.07 Å². The molecule has 0 aliphatic carbocycles. The highest BCUT2D eigenvalue weighted by Gasteiger charge is 2.13. The summed E-state index contributed by atoms with van der Waals surface area (Å²) in [6.45, 7) is 0. The van der Waals surface area contributed by atoms with Crippen molar-refractivity contribution in [3.8, 4) is 0 Å². The van der Waals surface area contributed by atoms with Crippen molar-refractivity contribution in [3.63, 3.8) is 0 Å². The van der Waals surface area contributed by atoms with E-state index in [0.717, 1.165) is 24.6 Å². The summed E-state index contributed by atoms with van der Waals surface area (Å²) in [6, 6.07) is 16.9. The number of furan rings is 1. The molecule has 3 aromatic rings. The first-order valence-corrected chi connectivity index (χ1v) is 7.21. The van der Waals surface area contributed by atoms with Gasteiger partial charge in [-0.15, -0.1) is 0 Å². The summed E-state index contributed by atoms with van der Waals surface area (Å²) in [5.41, 5.74) is 7.76. The first-order chi connectivity index (χ1) is 10.2. The van der Waals surface area contributed by atoms with Gasteiger partial charge < -0.3 is 10.2 Å². The summed E-state index contributed by atoms with van der Waals surface area (Å²) in [5.74, 6) is 0.318. The minimum Gasteiger partial charge on any atom is -0.456 e. The number of nitrogens with two attached hydrogens (primary N) is 1. The SMILES string of the molecule is NC(CCCc1ccccc1)c1cc2cccc(F)c2o1. The average Bonchev–Trinajstić information content (AvgIpc) is 2.94. The number of aryl methyl sites for hydroxylation is 1. The fourth-order valence-corrected chi connectivity index (χ4v) is 2.54. The van der Waals surface area contributed by atoms with Crippen LogP contribution in [0.1, 0.15) is 30.2 Å². The van der Waals surface area contributed by atoms with Crippen LogP contribution >= 0.6 is 0 Å². The van der Waals surface area contributed by atoms with Crippen LogP contribution in [0.2, 0.25) is 0 Å². The third-order valence-corrected chi connectivity index (χ3v) is 3.70. The summed E-state index contributed by atoms with van der Waals surface area (Å²) < 4.78 is 19.2. The maximum Gasteiger partial charge on any atom is 0.169 e. The van der Waals surface area contributed by atoms with Crippen LogP contribution in [0, 0.1) is 5.82 Å². The topological polar surface area (TPSA) is 39.2 Å². The molecule has 1 atom stereocenters. The van der Waals surface area contributed by atoms with Gasteiger partial charge in [-0.1, -0.05) is 42.5 Å². The predicted octanol–water partition coefficient (Wildman–Crippen LogP) is 4.59. The Bertz CT molecular complexity index is 720. The van der Waals surface area contributed by atoms with Gasteiger partial charge in [0.05, 0.1) is 6.04 Å². The third-order valence-electron chi connectivity index (χ3n) is 3.70. The minimum atomic E-state index is -0.338. The van der Waals surface area contributed by atoms with Crippen LogP contribution in [0.5, 0.6) is 0 Å². The van der Waals surface area contributed by atoms with Gasteiger partial charge in [0.2, 0.25) is 0 Å². The van der Waals surface area contributed by atoms with Gasteiger partial charge in [-0.2, -0.15) is 0 Å². The van der Waals surface area contributed by atoms with Gasteiger partial charge in [-0.3, -0.25) is 0 Å². The van der Waals surface area contributed by atoms with E-state index in [9.17, 15) is 4.39 Å². The zero-order chi connectivity index (χ0) is 14.7. The smallest absolute Gasteiger partial charge is 0.169 e. The van der Waals surface area contributed by atoms with E-state index in [1.165, 1.54) is 11.6 Å². The second-order valence-electron chi connectivity index (χ2n) is 5.29. The molecule has 2 N–H and O–H groups in total. The highest BCUT2D eigenvalue weighted by molar-refractivity contribution is 5.78. The first-order valence-electron chi connectivity index (χ1n) is 7.21. The molecule has 0 saturated carbocycles. The van der Waals surface area contributed by atoms with Gasteiger partial charge in [-0.05, 0) is 37.0 Å². The van der Waals surface area contributed by atoms with E-state index in [2.05, 4.69) is 12.1 Å². The minimum absolute atomic E-state index is 0.194. The molecule has 1 aromatic heterocycles. The first kappa shape index (κ1) is 13.8. The molecular formula is C18H18FNO. The van der Waals surface area contributed by atoms with Crippen molar-refractivity contribution in [2.24, 2.45) is 5.73 Å². The highest BCUT2D eigenvalue weighted by Crippen LogP contribution is 2.27. The van der Waals surface area contributed by atoms with Crippen molar-refractivity contribution >= 4 is 11.0 Å². The van der Waals surface area contributed by atoms with E-state index in [4.69, 9.17) is 10.2 Å². The van der Waals surface area contributed by atoms with Crippen molar-refractivity contribution in [1.82, 2.24) is 0 Å². The Balaban J connectivity index is 1.64. The average molecular weight is 283 g/mol. The Hall–Kier alpha value is -2.13. The molecule has 3 heteroatoms. The normalized spacial score (nSPS) is 12.7. The van der Waals surface area contributed by atoms with Gasteiger partial charge in [0.25, 0.3) is 0 Å². The maximum absolute atomic E-state index is 13.6. The van der Waals surface area contributed by atoms with Crippen molar-refractivity contribution in [3.05, 3.63) is 71.7 Å². The van der Waals surface area contributed by atoms with E-state index < -0.39 is 0 Å². The second kappa shape index (κ2) is 6.10. The van der Waals surface area contributed by atoms with E-state index in [1.807, 2.05) is 30.3 Å². The Morgan fingerprint density at radius 1 is 1.05 bits per heavy atom. The predicted molar refractivity (Wildman–Crippen MR) is 82.5 cm³/mol. The van der Waals surface area contributed by atoms with Crippen molar-refractivity contribution in [2.75, 3.05) is 0 Å². The van der Waals surface area contributed by atoms with Crippen molar-refractivity contribution in [2.45, 2.75) is 25.3 Å². The summed E-state index contributed by atoms with van der Waals surface area (Å²) in [5, 5.41) is 0.767. The van der Waals surface area contributed by atoms with Crippen molar-refractivity contribution in [1.29, 1.82) is 0 Å². The molecule has 108 valence electrons. The molecule has 2 nitrogen and oxygen atoms in total. The fourth-order valence-electron chi connectivity index (χ4n) is 2.54. The lowest BCUT2D eigenvalue weighted by Gasteiger charge is -2.08. The molecule has 0 aliphatic rings. The Morgan fingerprint density at radius 2 is 1.86 bits per heavy atom. The van der Waals surface area contributed by atoms with Crippen LogP contribution in [-0.2, 0) is 6.42 Å². The van der Waals surface area contributed by atoms with Gasteiger partial charge in [-0.25, -0.2) is 4.39 Å². The molecule has 0 saturated heterocycles. The standard InChI is InChI=1S/C18H18FNO/c19-15-10-5-9-14-12-17(21-18(14)15)16(20)11-4-8-13-6-2-1-3-7-13/h1-3,5-7,9-10,12,16H,4,8,11,20H2. The molecule has 0 bridgehead atoms. The molecule has 0 fully saturated rings. The number of hydrogen-bond donors (Lipinski definition) is 1. The number of para-hydroxylation sites is 1. The van der Waals surface area contributed by atoms with E-state index in [-0.39, 0.29) is 11.9 Å². The van der Waals surface area contributed by atoms with Gasteiger partial charge in [0, 0.05) is 5.39 Å². The van der Waals surface area contributed by atoms with Gasteiger partial charge >= 0.3 is 0 Å². The van der Waals surface area contributed by atoms with Gasteiger partial charge in [0.15, 0.2) is 11.4 Å². The molecule has 0 radical (unpaired) electrons. The number of fused-ring (bicyclic) bond motifs is 1. The van der Waals surface area contributed by atoms with Crippen LogP contribution in [0.15, 0.2) is 59.0 Å². The summed E-state index contributed by atoms with van der Waals surface area (Å²) in [6.07, 6.45) is 2.78. The third kappa shape index (κ3) is 3.14. The number of benzene rings is 2. The summed E-state index contributed by atoms with van der Waals surface area (Å²) in [7, 11) is 0. The molecule has 0 aliphatic heterocycles. The number of hydrogen-bond acceptors (Lipinski definition) is 2.